The second-order valence-electron chi connectivity index (χ2n) is 5.90. The van der Waals surface area contributed by atoms with Gasteiger partial charge in [-0.15, -0.1) is 0 Å². The molecule has 1 aromatic rings. The van der Waals surface area contributed by atoms with E-state index in [-0.39, 0.29) is 0 Å². The molecule has 0 aliphatic carbocycles. The molecular formula is C18H27FmN4O5-. The van der Waals surface area contributed by atoms with E-state index in [1.165, 1.54) is 6.41 Å². The number of aldehydes is 1. The minimum Gasteiger partial charge on any atom is -0.520 e. The largest absolute Gasteiger partial charge is 0.520 e. The molecule has 1 aromatic heterocycles. The Balaban J connectivity index is 0.000000505. The second-order valence-corrected chi connectivity index (χ2v) is 5.90. The first-order valence-corrected chi connectivity index (χ1v) is 8.86. The molecule has 1 atom stereocenters. The zero-order chi connectivity index (χ0) is 19.9. The van der Waals surface area contributed by atoms with Gasteiger partial charge in [0.25, 0.3) is 0 Å². The zero-order valence-electron chi connectivity index (χ0n) is 15.8. The molecule has 28 heavy (non-hydrogen) atoms. The van der Waals surface area contributed by atoms with Gasteiger partial charge in [0, 0.05) is 24.8 Å². The molecule has 1 aliphatic heterocycles. The number of rotatable bonds is 10. The first kappa shape index (κ1) is 24.5. The molecule has 0 bridgehead atoms. The number of carbonyl (C=O) groups is 2. The number of carboxylic acids is 1. The van der Waals surface area contributed by atoms with Gasteiger partial charge in [0.15, 0.2) is 6.29 Å². The van der Waals surface area contributed by atoms with E-state index in [4.69, 9.17) is 9.84 Å². The maximum Gasteiger partial charge on any atom is 0.323 e. The first-order valence-electron chi connectivity index (χ1n) is 8.86. The molecule has 2 heterocycles. The predicted molar refractivity (Wildman–Crippen MR) is 101 cm³/mol. The van der Waals surface area contributed by atoms with E-state index < -0.39 is 12.0 Å². The van der Waals surface area contributed by atoms with E-state index in [2.05, 4.69) is 20.5 Å². The van der Waals surface area contributed by atoms with Crippen molar-refractivity contribution in [2.24, 2.45) is 0 Å². The minimum atomic E-state index is -1.01. The molecule has 1 saturated heterocycles. The fraction of sp³-hybridized carbons (Fsp3) is 0.556. The van der Waals surface area contributed by atoms with Crippen LogP contribution in [-0.4, -0.2) is 74.7 Å². The van der Waals surface area contributed by atoms with Gasteiger partial charge in [-0.05, 0) is 45.0 Å². The molecule has 0 aromatic carbocycles. The van der Waals surface area contributed by atoms with Crippen LogP contribution >= 0.6 is 0 Å². The number of hydrogen-bond donors (Lipinski definition) is 3. The quantitative estimate of drug-likeness (QED) is 0.145. The smallest absolute Gasteiger partial charge is 0.323 e. The van der Waals surface area contributed by atoms with Gasteiger partial charge in [0.2, 0.25) is 0 Å². The molecule has 3 N–H and O–H groups in total. The fourth-order valence-electron chi connectivity index (χ4n) is 2.43. The number of nitrogens with zero attached hydrogens (tertiary/aromatic N) is 2. The van der Waals surface area contributed by atoms with Gasteiger partial charge in [0.1, 0.15) is 5.82 Å². The summed E-state index contributed by atoms with van der Waals surface area (Å²) in [5, 5.41) is 13.7. The van der Waals surface area contributed by atoms with E-state index in [0.29, 0.717) is 12.0 Å². The standard InChI is InChI=1S/C10H12N2O2.C8H15N2O3.Fm/c13-8-9-1-2-10(11-7-9)12-3-5-14-6-4-12;1-9-5-3-2-4-7(8(12)13)10-6-11;/h1-2,7-8H,3-6H2;7,9H,2-5H2,1H3,(H,10,11)(H,12,13);/q;-1;. The third-order valence-electron chi connectivity index (χ3n) is 3.94. The van der Waals surface area contributed by atoms with E-state index in [0.717, 1.165) is 57.8 Å². The number of carboxylic acid groups (broad SMARTS) is 1. The number of hydrogen-bond acceptors (Lipinski definition) is 7. The predicted octanol–water partition coefficient (Wildman–Crippen LogP) is 0.217. The number of amides is 1. The Morgan fingerprint density at radius 1 is 1.39 bits per heavy atom. The zero-order valence-corrected chi connectivity index (χ0v) is 18.2. The number of anilines is 1. The average molecular weight is 636 g/mol. The Bertz CT molecular complexity index is 568. The number of ether oxygens (including phenoxy) is 1. The molecule has 1 unspecified atom stereocenters. The van der Waals surface area contributed by atoms with Crippen LogP contribution in [0.3, 0.4) is 0 Å². The number of morpholine rings is 1. The number of aromatic nitrogens is 1. The van der Waals surface area contributed by atoms with Gasteiger partial charge in [-0.2, -0.15) is 6.41 Å². The Hall–Kier alpha value is -3.52. The summed E-state index contributed by atoms with van der Waals surface area (Å²) in [4.78, 5) is 37.2. The summed E-state index contributed by atoms with van der Waals surface area (Å²) in [6, 6.07) is 2.86. The number of carbonyl (C=O) groups excluding carboxylic acids is 2. The maximum atomic E-state index is 10.5. The summed E-state index contributed by atoms with van der Waals surface area (Å²) >= 11 is 0. The fourth-order valence-corrected chi connectivity index (χ4v) is 2.43. The van der Waals surface area contributed by atoms with Crippen LogP contribution < -0.4 is 15.5 Å². The molecule has 1 amide bonds. The van der Waals surface area contributed by atoms with Crippen molar-refractivity contribution in [1.29, 1.82) is 0 Å². The Morgan fingerprint density at radius 3 is 2.61 bits per heavy atom. The van der Waals surface area contributed by atoms with Crippen LogP contribution in [-0.2, 0) is 14.3 Å². The Labute approximate surface area is 159 Å². The Morgan fingerprint density at radius 2 is 2.11 bits per heavy atom. The summed E-state index contributed by atoms with van der Waals surface area (Å²) in [5.41, 5.74) is 0.613. The minimum absolute atomic E-state index is 0. The van der Waals surface area contributed by atoms with Crippen molar-refractivity contribution in [2.45, 2.75) is 25.3 Å². The molecule has 1 aliphatic rings. The van der Waals surface area contributed by atoms with Crippen molar-refractivity contribution in [3.63, 3.8) is 0 Å². The summed E-state index contributed by atoms with van der Waals surface area (Å²) in [6.07, 6.45) is 5.91. The Kier molecular flexibility index (Phi) is 12.8. The maximum absolute atomic E-state index is 10.5. The van der Waals surface area contributed by atoms with Gasteiger partial charge < -0.3 is 30.2 Å². The molecule has 162 valence electrons. The van der Waals surface area contributed by atoms with E-state index >= 15 is 0 Å². The number of unbranched alkanes of at least 4 members (excludes halogenated alkanes) is 1. The van der Waals surface area contributed by atoms with Crippen molar-refractivity contribution in [3.05, 3.63) is 23.9 Å². The summed E-state index contributed by atoms with van der Waals surface area (Å²) in [7, 11) is 1.84. The van der Waals surface area contributed by atoms with Gasteiger partial charge in [-0.3, -0.25) is 9.59 Å². The summed E-state index contributed by atoms with van der Waals surface area (Å²) < 4.78 is 5.24. The topological polar surface area (TPSA) is 121 Å². The first-order chi connectivity index (χ1) is 13.1. The van der Waals surface area contributed by atoms with Gasteiger partial charge in [-0.25, -0.2) is 4.98 Å². The second kappa shape index (κ2) is 14.6. The molecular weight excluding hydrogens is 609 g/mol. The monoisotopic (exact) mass is 636 g/mol. The van der Waals surface area contributed by atoms with E-state index in [9.17, 15) is 14.4 Å². The van der Waals surface area contributed by atoms with Crippen molar-refractivity contribution in [3.8, 4) is 0 Å². The van der Waals surface area contributed by atoms with E-state index in [1.54, 1.807) is 12.3 Å². The van der Waals surface area contributed by atoms with Crippen molar-refractivity contribution >= 4 is 24.5 Å². The van der Waals surface area contributed by atoms with Gasteiger partial charge >= 0.3 is 5.97 Å². The third kappa shape index (κ3) is 9.25. The molecule has 9 nitrogen and oxygen atoms in total. The normalized spacial score (nSPS) is 14.0. The molecule has 0 radical (unpaired) electrons. The van der Waals surface area contributed by atoms with Gasteiger partial charge in [-0.1, -0.05) is 0 Å². The molecule has 0 spiro atoms. The molecule has 1 fully saturated rings. The molecule has 2 rings (SSSR count). The van der Waals surface area contributed by atoms with E-state index in [1.807, 2.05) is 13.1 Å². The molecule has 0 saturated carbocycles. The van der Waals surface area contributed by atoms with Crippen molar-refractivity contribution in [2.75, 3.05) is 44.8 Å². The van der Waals surface area contributed by atoms with Crippen LogP contribution in [0.4, 0.5) is 5.82 Å². The van der Waals surface area contributed by atoms with Gasteiger partial charge in [0.05, 0.1) is 19.3 Å². The number of aliphatic carboxylic acids is 1. The van der Waals surface area contributed by atoms with Crippen molar-refractivity contribution in [1.82, 2.24) is 15.6 Å². The SMILES string of the molecule is CNCCCCC(N[C-]=O)C(=O)O.O=Cc1ccc(N2CCOCC2)nc1.[Fm]. The summed E-state index contributed by atoms with van der Waals surface area (Å²) in [6.45, 7) is 4.09. The van der Waals surface area contributed by atoms with Crippen LogP contribution in [0, 0.1) is 0 Å². The van der Waals surface area contributed by atoms with Crippen LogP contribution in [0.5, 0.6) is 0 Å². The molecule has 10 heteroatoms. The van der Waals surface area contributed by atoms with Crippen LogP contribution in [0.25, 0.3) is 0 Å². The van der Waals surface area contributed by atoms with Crippen LogP contribution in [0.2, 0.25) is 0 Å². The van der Waals surface area contributed by atoms with Crippen LogP contribution in [0.1, 0.15) is 29.6 Å². The number of nitrogens with one attached hydrogen (secondary N) is 2. The number of pyridine rings is 1. The third-order valence-corrected chi connectivity index (χ3v) is 3.94. The van der Waals surface area contributed by atoms with Crippen molar-refractivity contribution < 1.29 is 24.2 Å². The average Bonchev–Trinajstić information content (AvgIpc) is 2.71. The summed E-state index contributed by atoms with van der Waals surface area (Å²) in [5.74, 6) is -0.0910. The van der Waals surface area contributed by atoms with Crippen LogP contribution in [0.15, 0.2) is 18.3 Å².